The fourth-order valence-corrected chi connectivity index (χ4v) is 5.34. The Bertz CT molecular complexity index is 702. The lowest BCUT2D eigenvalue weighted by Gasteiger charge is -2.17. The predicted octanol–water partition coefficient (Wildman–Crippen LogP) is 7.88. The molecule has 0 heterocycles. The zero-order chi connectivity index (χ0) is 25.7. The van der Waals surface area contributed by atoms with Crippen molar-refractivity contribution in [1.29, 1.82) is 0 Å². The van der Waals surface area contributed by atoms with Crippen LogP contribution in [0.1, 0.15) is 114 Å². The Hall–Kier alpha value is -1.51. The van der Waals surface area contributed by atoms with Gasteiger partial charge in [0.2, 0.25) is 0 Å². The van der Waals surface area contributed by atoms with E-state index in [-0.39, 0.29) is 23.4 Å². The summed E-state index contributed by atoms with van der Waals surface area (Å²) in [7, 11) is 0. The zero-order valence-electron chi connectivity index (χ0n) is 21.4. The highest BCUT2D eigenvalue weighted by Gasteiger charge is 2.17. The number of rotatable bonds is 23. The van der Waals surface area contributed by atoms with Gasteiger partial charge < -0.3 is 14.9 Å². The van der Waals surface area contributed by atoms with Gasteiger partial charge in [-0.15, -0.1) is 0 Å². The van der Waals surface area contributed by atoms with Crippen molar-refractivity contribution in [3.05, 3.63) is 29.3 Å². The van der Waals surface area contributed by atoms with E-state index >= 15 is 0 Å². The molecule has 6 nitrogen and oxygen atoms in total. The molecular formula is C28H45IO6. The van der Waals surface area contributed by atoms with Crippen LogP contribution in [0.3, 0.4) is 0 Å². The van der Waals surface area contributed by atoms with Crippen molar-refractivity contribution in [2.45, 2.75) is 120 Å². The number of aliphatic carboxylic acids is 2. The molecule has 1 aromatic carbocycles. The number of carboxylic acid groups (broad SMARTS) is 2. The summed E-state index contributed by atoms with van der Waals surface area (Å²) in [5, 5.41) is 18.3. The monoisotopic (exact) mass is 604 g/mol. The maximum atomic E-state index is 11.8. The number of hydrogen-bond acceptors (Lipinski definition) is 4. The van der Waals surface area contributed by atoms with Gasteiger partial charge in [0.1, 0.15) is 12.4 Å². The van der Waals surface area contributed by atoms with Crippen molar-refractivity contribution < 1.29 is 27.6 Å². The van der Waals surface area contributed by atoms with Crippen molar-refractivity contribution in [2.75, 3.05) is 6.61 Å². The molecule has 35 heavy (non-hydrogen) atoms. The van der Waals surface area contributed by atoms with Crippen LogP contribution in [-0.2, 0) is 25.5 Å². The van der Waals surface area contributed by atoms with Crippen LogP contribution in [-0.4, -0.2) is 32.7 Å². The van der Waals surface area contributed by atoms with Crippen LogP contribution in [0.2, 0.25) is 0 Å². The molecule has 0 bridgehead atoms. The first-order valence-electron chi connectivity index (χ1n) is 13.4. The van der Waals surface area contributed by atoms with Crippen LogP contribution in [0.4, 0.5) is 0 Å². The first kappa shape index (κ1) is 31.5. The van der Waals surface area contributed by atoms with Gasteiger partial charge in [0, 0.05) is 11.1 Å². The van der Waals surface area contributed by atoms with Crippen molar-refractivity contribution >= 4 is 33.1 Å². The quantitative estimate of drug-likeness (QED) is 0.0749. The summed E-state index contributed by atoms with van der Waals surface area (Å²) in [6.07, 6.45) is 18.5. The highest BCUT2D eigenvalue weighted by atomic mass is 127. The number of alkyl halides is 1. The Labute approximate surface area is 221 Å². The van der Waals surface area contributed by atoms with Gasteiger partial charge >= 0.3 is 11.9 Å². The Morgan fingerprint density at radius 2 is 1.20 bits per heavy atom. The van der Waals surface area contributed by atoms with E-state index in [0.29, 0.717) is 16.9 Å². The number of carboxylic acids is 2. The molecular weight excluding hydrogens is 559 g/mol. The largest absolute Gasteiger partial charge is 0.492 e. The summed E-state index contributed by atoms with van der Waals surface area (Å²) in [4.78, 5) is 22.4. The molecule has 0 spiro atoms. The molecule has 1 aromatic rings. The number of para-hydroxylation sites is 1. The fourth-order valence-electron chi connectivity index (χ4n) is 4.32. The molecule has 0 aromatic heterocycles. The van der Waals surface area contributed by atoms with Crippen molar-refractivity contribution in [3.63, 3.8) is 0 Å². The first-order valence-corrected chi connectivity index (χ1v) is 15.5. The molecule has 0 amide bonds. The van der Waals surface area contributed by atoms with Crippen LogP contribution in [0.15, 0.2) is 18.2 Å². The standard InChI is InChI=1S/C28H45IO6/c1-2-3-4-5-6-7-8-9-10-11-12-13-14-15-19-25(29-34)22-35-28-23(20-26(30)31)17-16-18-24(28)21-27(32)33/h16-18,25H,2-15,19-22H2,1H3,(H,30,31)(H,32,33). The van der Waals surface area contributed by atoms with Crippen LogP contribution < -0.4 is 4.74 Å². The zero-order valence-corrected chi connectivity index (χ0v) is 23.6. The van der Waals surface area contributed by atoms with Crippen LogP contribution in [0, 0.1) is 0 Å². The van der Waals surface area contributed by atoms with Gasteiger partial charge in [-0.1, -0.05) is 115 Å². The second-order valence-corrected chi connectivity index (χ2v) is 11.7. The van der Waals surface area contributed by atoms with Gasteiger partial charge in [-0.2, -0.15) is 0 Å². The molecule has 0 aliphatic heterocycles. The Balaban J connectivity index is 2.25. The second-order valence-electron chi connectivity index (χ2n) is 9.43. The van der Waals surface area contributed by atoms with E-state index in [4.69, 9.17) is 14.9 Å². The molecule has 1 atom stereocenters. The van der Waals surface area contributed by atoms with E-state index in [1.54, 1.807) is 18.2 Å². The number of unbranched alkanes of at least 4 members (excludes halogenated alkanes) is 13. The minimum Gasteiger partial charge on any atom is -0.492 e. The molecule has 7 heteroatoms. The maximum Gasteiger partial charge on any atom is 0.307 e. The van der Waals surface area contributed by atoms with Crippen LogP contribution in [0.5, 0.6) is 5.75 Å². The highest BCUT2D eigenvalue weighted by Crippen LogP contribution is 2.27. The van der Waals surface area contributed by atoms with E-state index in [2.05, 4.69) is 6.92 Å². The molecule has 0 aliphatic carbocycles. The van der Waals surface area contributed by atoms with Gasteiger partial charge in [0.15, 0.2) is 21.2 Å². The summed E-state index contributed by atoms with van der Waals surface area (Å²) < 4.78 is 17.6. The molecule has 1 unspecified atom stereocenters. The van der Waals surface area contributed by atoms with Crippen molar-refractivity contribution in [1.82, 2.24) is 0 Å². The average Bonchev–Trinajstić information content (AvgIpc) is 2.81. The van der Waals surface area contributed by atoms with E-state index in [1.165, 1.54) is 77.0 Å². The molecule has 2 N–H and O–H groups in total. The number of benzene rings is 1. The minimum absolute atomic E-state index is 0.0540. The smallest absolute Gasteiger partial charge is 0.307 e. The summed E-state index contributed by atoms with van der Waals surface area (Å²) in [6.45, 7) is 2.49. The summed E-state index contributed by atoms with van der Waals surface area (Å²) in [5.41, 5.74) is 0.909. The predicted molar refractivity (Wildman–Crippen MR) is 148 cm³/mol. The van der Waals surface area contributed by atoms with Crippen LogP contribution in [0.25, 0.3) is 0 Å². The molecule has 0 fully saturated rings. The summed E-state index contributed by atoms with van der Waals surface area (Å²) in [5.74, 6) is -1.68. The van der Waals surface area contributed by atoms with Gasteiger partial charge in [0.05, 0.1) is 16.8 Å². The Kier molecular flexibility index (Phi) is 18.6. The third-order valence-electron chi connectivity index (χ3n) is 6.27. The van der Waals surface area contributed by atoms with Gasteiger partial charge in [-0.3, -0.25) is 12.7 Å². The molecule has 0 saturated carbocycles. The summed E-state index contributed by atoms with van der Waals surface area (Å²) in [6, 6.07) is 4.93. The maximum absolute atomic E-state index is 11.8. The highest BCUT2D eigenvalue weighted by molar-refractivity contribution is 14.1. The molecule has 0 radical (unpaired) electrons. The normalized spacial score (nSPS) is 11.9. The fraction of sp³-hybridized carbons (Fsp3) is 0.714. The number of halogens is 1. The van der Waals surface area contributed by atoms with Gasteiger partial charge in [0.25, 0.3) is 0 Å². The Morgan fingerprint density at radius 3 is 1.60 bits per heavy atom. The third-order valence-corrected chi connectivity index (χ3v) is 7.97. The average molecular weight is 605 g/mol. The third kappa shape index (κ3) is 16.0. The van der Waals surface area contributed by atoms with E-state index in [9.17, 15) is 12.7 Å². The Morgan fingerprint density at radius 1 is 0.771 bits per heavy atom. The first-order chi connectivity index (χ1) is 17.0. The lowest BCUT2D eigenvalue weighted by atomic mass is 10.0. The number of carbonyl (C=O) groups is 2. The number of ether oxygens (including phenoxy) is 1. The van der Waals surface area contributed by atoms with E-state index in [1.807, 2.05) is 0 Å². The van der Waals surface area contributed by atoms with Crippen molar-refractivity contribution in [2.24, 2.45) is 0 Å². The lowest BCUT2D eigenvalue weighted by Crippen LogP contribution is -2.15. The van der Waals surface area contributed by atoms with E-state index < -0.39 is 33.1 Å². The summed E-state index contributed by atoms with van der Waals surface area (Å²) >= 11 is -1.26. The molecule has 1 rings (SSSR count). The van der Waals surface area contributed by atoms with Gasteiger partial charge in [-0.25, -0.2) is 0 Å². The molecule has 0 aliphatic rings. The SMILES string of the molecule is CCCCCCCCCCCCCCCCC(COc1c(CC(=O)O)cccc1CC(=O)O)I=O. The van der Waals surface area contributed by atoms with Crippen molar-refractivity contribution in [3.8, 4) is 5.75 Å². The van der Waals surface area contributed by atoms with Crippen LogP contribution >= 0.6 is 21.2 Å². The molecule has 0 saturated heterocycles. The second kappa shape index (κ2) is 20.7. The van der Waals surface area contributed by atoms with Gasteiger partial charge in [-0.05, 0) is 6.42 Å². The minimum atomic E-state index is -1.26. The van der Waals surface area contributed by atoms with E-state index in [0.717, 1.165) is 19.3 Å². The number of hydrogen-bond donors (Lipinski definition) is 2. The lowest BCUT2D eigenvalue weighted by molar-refractivity contribution is -0.137. The molecule has 200 valence electrons. The topological polar surface area (TPSA) is 101 Å².